The second-order valence-electron chi connectivity index (χ2n) is 7.87. The predicted octanol–water partition coefficient (Wildman–Crippen LogP) is 3.59. The molecule has 0 aromatic heterocycles. The summed E-state index contributed by atoms with van der Waals surface area (Å²) in [6.07, 6.45) is 1.10. The highest BCUT2D eigenvalue weighted by Gasteiger charge is 2.43. The van der Waals surface area contributed by atoms with Crippen LogP contribution in [0.1, 0.15) is 39.2 Å². The predicted molar refractivity (Wildman–Crippen MR) is 101 cm³/mol. The molecule has 1 fully saturated rings. The zero-order valence-corrected chi connectivity index (χ0v) is 17.3. The van der Waals surface area contributed by atoms with Gasteiger partial charge in [0.15, 0.2) is 6.79 Å². The van der Waals surface area contributed by atoms with Crippen LogP contribution in [0.15, 0.2) is 24.3 Å². The first-order chi connectivity index (χ1) is 13.0. The van der Waals surface area contributed by atoms with Crippen molar-refractivity contribution in [2.75, 3.05) is 19.5 Å². The van der Waals surface area contributed by atoms with Crippen molar-refractivity contribution in [2.45, 2.75) is 45.7 Å². The Hall–Kier alpha value is -1.76. The largest absolute Gasteiger partial charge is 0.438 e. The van der Waals surface area contributed by atoms with Crippen LogP contribution in [0.4, 0.5) is 4.39 Å². The second-order valence-corrected chi connectivity index (χ2v) is 10.7. The molecule has 1 saturated heterocycles. The minimum Gasteiger partial charge on any atom is -0.438 e. The number of carbonyl (C=O) groups excluding carboxylic acids is 2. The Balaban J connectivity index is 2.12. The number of hydroxylamine groups is 2. The van der Waals surface area contributed by atoms with Crippen LogP contribution in [0, 0.1) is 11.2 Å². The number of amides is 1. The fourth-order valence-electron chi connectivity index (χ4n) is 2.84. The Morgan fingerprint density at radius 3 is 2.57 bits per heavy atom. The Morgan fingerprint density at radius 1 is 1.32 bits per heavy atom. The smallest absolute Gasteiger partial charge is 0.313 e. The third-order valence-corrected chi connectivity index (χ3v) is 7.38. The van der Waals surface area contributed by atoms with E-state index in [1.807, 2.05) is 0 Å². The SMILES string of the molecule is CC(C)(C)C(=O)OCOP(=O)(CCc1ccc(F)cc1)C1CCCN(O)C1=O. The molecule has 1 N–H and O–H groups in total. The number of nitrogens with zero attached hydrogens (tertiary/aromatic N) is 1. The van der Waals surface area contributed by atoms with Crippen molar-refractivity contribution in [3.05, 3.63) is 35.6 Å². The molecule has 0 spiro atoms. The molecular weight excluding hydrogens is 388 g/mol. The van der Waals surface area contributed by atoms with Crippen molar-refractivity contribution in [1.82, 2.24) is 5.06 Å². The zero-order valence-electron chi connectivity index (χ0n) is 16.4. The number of benzene rings is 1. The molecule has 0 bridgehead atoms. The van der Waals surface area contributed by atoms with E-state index in [0.717, 1.165) is 5.56 Å². The molecule has 2 rings (SSSR count). The Bertz CT molecular complexity index is 746. The van der Waals surface area contributed by atoms with Gasteiger partial charge in [0.1, 0.15) is 11.5 Å². The molecule has 28 heavy (non-hydrogen) atoms. The summed E-state index contributed by atoms with van der Waals surface area (Å²) in [6.45, 7) is 4.67. The molecule has 1 aromatic rings. The van der Waals surface area contributed by atoms with Crippen LogP contribution in [0.5, 0.6) is 0 Å². The maximum Gasteiger partial charge on any atom is 0.313 e. The molecule has 1 aromatic carbocycles. The summed E-state index contributed by atoms with van der Waals surface area (Å²) in [4.78, 5) is 24.3. The molecule has 156 valence electrons. The van der Waals surface area contributed by atoms with Crippen molar-refractivity contribution in [3.8, 4) is 0 Å². The van der Waals surface area contributed by atoms with Crippen molar-refractivity contribution in [2.24, 2.45) is 5.41 Å². The van der Waals surface area contributed by atoms with E-state index in [0.29, 0.717) is 24.3 Å². The van der Waals surface area contributed by atoms with E-state index in [4.69, 9.17) is 9.26 Å². The van der Waals surface area contributed by atoms with E-state index in [2.05, 4.69) is 0 Å². The Labute approximate surface area is 164 Å². The maximum absolute atomic E-state index is 13.5. The van der Waals surface area contributed by atoms with Crippen LogP contribution >= 0.6 is 7.37 Å². The van der Waals surface area contributed by atoms with Crippen LogP contribution in [0.3, 0.4) is 0 Å². The lowest BCUT2D eigenvalue weighted by atomic mass is 9.98. The van der Waals surface area contributed by atoms with Gasteiger partial charge in [0.2, 0.25) is 7.37 Å². The molecule has 1 aliphatic rings. The maximum atomic E-state index is 13.5. The fraction of sp³-hybridized carbons (Fsp3) is 0.579. The highest BCUT2D eigenvalue weighted by molar-refractivity contribution is 7.60. The standard InChI is InChI=1S/C19H27FNO6P/c1-19(2,3)18(23)26-13-27-28(25,16-5-4-11-21(24)17(16)22)12-10-14-6-8-15(20)9-7-14/h6-9,16,24H,4-5,10-13H2,1-3H3. The summed E-state index contributed by atoms with van der Waals surface area (Å²) < 4.78 is 37.2. The van der Waals surface area contributed by atoms with E-state index < -0.39 is 37.1 Å². The summed E-state index contributed by atoms with van der Waals surface area (Å²) in [6, 6.07) is 5.74. The molecule has 2 atom stereocenters. The molecule has 0 radical (unpaired) electrons. The van der Waals surface area contributed by atoms with Crippen LogP contribution in [0.25, 0.3) is 0 Å². The fourth-order valence-corrected chi connectivity index (χ4v) is 5.30. The van der Waals surface area contributed by atoms with Crippen molar-refractivity contribution >= 4 is 19.2 Å². The van der Waals surface area contributed by atoms with E-state index in [9.17, 15) is 23.8 Å². The molecule has 1 heterocycles. The van der Waals surface area contributed by atoms with E-state index in [-0.39, 0.29) is 18.5 Å². The summed E-state index contributed by atoms with van der Waals surface area (Å²) in [5.41, 5.74) is -1.01. The van der Waals surface area contributed by atoms with Gasteiger partial charge >= 0.3 is 5.97 Å². The average molecular weight is 415 g/mol. The molecule has 0 saturated carbocycles. The lowest BCUT2D eigenvalue weighted by molar-refractivity contribution is -0.169. The lowest BCUT2D eigenvalue weighted by Gasteiger charge is -2.32. The van der Waals surface area contributed by atoms with Crippen LogP contribution < -0.4 is 0 Å². The Morgan fingerprint density at radius 2 is 1.96 bits per heavy atom. The first-order valence-corrected chi connectivity index (χ1v) is 11.1. The van der Waals surface area contributed by atoms with Crippen LogP contribution in [-0.4, -0.2) is 47.3 Å². The topological polar surface area (TPSA) is 93.1 Å². The van der Waals surface area contributed by atoms with Crippen molar-refractivity contribution in [3.63, 3.8) is 0 Å². The number of esters is 1. The van der Waals surface area contributed by atoms with E-state index in [1.165, 1.54) is 12.1 Å². The van der Waals surface area contributed by atoms with Crippen LogP contribution in [0.2, 0.25) is 0 Å². The van der Waals surface area contributed by atoms with Gasteiger partial charge in [-0.1, -0.05) is 12.1 Å². The number of hydrogen-bond donors (Lipinski definition) is 1. The minimum absolute atomic E-state index is 0.00987. The molecule has 1 amide bonds. The lowest BCUT2D eigenvalue weighted by Crippen LogP contribution is -2.42. The Kier molecular flexibility index (Phi) is 7.37. The van der Waals surface area contributed by atoms with Gasteiger partial charge in [0.05, 0.1) is 5.41 Å². The highest BCUT2D eigenvalue weighted by atomic mass is 31.2. The molecule has 7 nitrogen and oxygen atoms in total. The number of piperidine rings is 1. The number of carbonyl (C=O) groups is 2. The summed E-state index contributed by atoms with van der Waals surface area (Å²) in [5, 5.41) is 10.3. The minimum atomic E-state index is -3.60. The van der Waals surface area contributed by atoms with Gasteiger partial charge in [-0.3, -0.25) is 23.9 Å². The van der Waals surface area contributed by atoms with Crippen molar-refractivity contribution in [1.29, 1.82) is 0 Å². The number of hydrogen-bond acceptors (Lipinski definition) is 6. The summed E-state index contributed by atoms with van der Waals surface area (Å²) >= 11 is 0. The van der Waals surface area contributed by atoms with Gasteiger partial charge in [-0.25, -0.2) is 9.45 Å². The third-order valence-electron chi connectivity index (χ3n) is 4.56. The van der Waals surface area contributed by atoms with Crippen molar-refractivity contribution < 1.29 is 33.0 Å². The van der Waals surface area contributed by atoms with Crippen LogP contribution in [-0.2, 0) is 29.8 Å². The number of rotatable bonds is 7. The second kappa shape index (κ2) is 9.16. The third kappa shape index (κ3) is 5.87. The number of halogens is 1. The monoisotopic (exact) mass is 415 g/mol. The summed E-state index contributed by atoms with van der Waals surface area (Å²) in [7, 11) is -3.60. The molecule has 1 aliphatic heterocycles. The normalized spacial score (nSPS) is 20.0. The average Bonchev–Trinajstić information content (AvgIpc) is 2.62. The molecule has 9 heteroatoms. The summed E-state index contributed by atoms with van der Waals surface area (Å²) in [5.74, 6) is -1.55. The van der Waals surface area contributed by atoms with Gasteiger partial charge in [0.25, 0.3) is 5.91 Å². The van der Waals surface area contributed by atoms with Gasteiger partial charge in [-0.15, -0.1) is 0 Å². The zero-order chi connectivity index (χ0) is 20.9. The van der Waals surface area contributed by atoms with E-state index in [1.54, 1.807) is 32.9 Å². The highest BCUT2D eigenvalue weighted by Crippen LogP contribution is 2.55. The molecule has 0 aliphatic carbocycles. The molecular formula is C19H27FNO6P. The quantitative estimate of drug-likeness (QED) is 0.317. The van der Waals surface area contributed by atoms with Gasteiger partial charge in [-0.2, -0.15) is 0 Å². The number of aryl methyl sites for hydroxylation is 1. The van der Waals surface area contributed by atoms with E-state index >= 15 is 0 Å². The van der Waals surface area contributed by atoms with Gasteiger partial charge in [-0.05, 0) is 57.7 Å². The first-order valence-electron chi connectivity index (χ1n) is 9.18. The number of ether oxygens (including phenoxy) is 1. The molecule has 2 unspecified atom stereocenters. The first kappa shape index (κ1) is 22.5. The van der Waals surface area contributed by atoms with Gasteiger partial charge < -0.3 is 4.74 Å². The van der Waals surface area contributed by atoms with Gasteiger partial charge in [0, 0.05) is 12.7 Å².